The van der Waals surface area contributed by atoms with Crippen molar-refractivity contribution < 1.29 is 37.8 Å². The molecular formula is C3H7AlBr2O. The molecule has 7 heavy (non-hydrogen) atoms. The van der Waals surface area contributed by atoms with Gasteiger partial charge in [-0.1, -0.05) is 0 Å². The molecule has 0 aromatic carbocycles. The normalized spacial score (nSPS) is 7.00. The second-order valence-electron chi connectivity index (χ2n) is 1.18. The van der Waals surface area contributed by atoms with Crippen LogP contribution >= 0.6 is 0 Å². The molecule has 0 aromatic rings. The van der Waals surface area contributed by atoms with Crippen molar-refractivity contribution in [3.05, 3.63) is 0 Å². The molecule has 0 fully saturated rings. The fourth-order valence-corrected chi connectivity index (χ4v) is 0. The van der Waals surface area contributed by atoms with Gasteiger partial charge < -0.3 is 34.0 Å². The van der Waals surface area contributed by atoms with Gasteiger partial charge in [0.15, 0.2) is 0 Å². The van der Waals surface area contributed by atoms with Crippen LogP contribution in [0.3, 0.4) is 0 Å². The van der Waals surface area contributed by atoms with E-state index in [1.165, 1.54) is 0 Å². The topological polar surface area (TPSA) is 9.23 Å². The van der Waals surface area contributed by atoms with E-state index in [1.54, 1.807) is 0 Å². The second kappa shape index (κ2) is 10.4. The Morgan fingerprint density at radius 2 is 1.43 bits per heavy atom. The van der Waals surface area contributed by atoms with Crippen LogP contribution in [0.1, 0.15) is 13.8 Å². The largest absolute Gasteiger partial charge is 1.00 e. The third-order valence-corrected chi connectivity index (χ3v) is 0.816. The van der Waals surface area contributed by atoms with Gasteiger partial charge in [0.2, 0.25) is 0 Å². The molecule has 0 heterocycles. The van der Waals surface area contributed by atoms with Crippen LogP contribution in [0.5, 0.6) is 0 Å². The van der Waals surface area contributed by atoms with E-state index in [-0.39, 0.29) is 34.0 Å². The van der Waals surface area contributed by atoms with Gasteiger partial charge in [0, 0.05) is 0 Å². The zero-order valence-electron chi connectivity index (χ0n) is 4.32. The van der Waals surface area contributed by atoms with Crippen molar-refractivity contribution in [3.8, 4) is 0 Å². The van der Waals surface area contributed by atoms with E-state index < -0.39 is 0 Å². The molecule has 0 amide bonds. The second-order valence-corrected chi connectivity index (χ2v) is 1.46. The minimum atomic E-state index is 0. The van der Waals surface area contributed by atoms with E-state index in [0.717, 1.165) is 0 Å². The van der Waals surface area contributed by atoms with Gasteiger partial charge in [0.1, 0.15) is 0 Å². The fraction of sp³-hybridized carbons (Fsp3) is 1.00. The third-order valence-electron chi connectivity index (χ3n) is 0.272. The van der Waals surface area contributed by atoms with Gasteiger partial charge in [-0.25, -0.2) is 0 Å². The zero-order valence-corrected chi connectivity index (χ0v) is 8.65. The van der Waals surface area contributed by atoms with Crippen molar-refractivity contribution in [2.45, 2.75) is 20.0 Å². The van der Waals surface area contributed by atoms with Crippen LogP contribution in [0, 0.1) is 0 Å². The van der Waals surface area contributed by atoms with Gasteiger partial charge in [0.05, 0.1) is 0 Å². The predicted molar refractivity (Wildman–Crippen MR) is 22.0 cm³/mol. The van der Waals surface area contributed by atoms with Gasteiger partial charge in [0.25, 0.3) is 0 Å². The Hall–Kier alpha value is 1.45. The van der Waals surface area contributed by atoms with E-state index in [2.05, 4.69) is 20.4 Å². The van der Waals surface area contributed by atoms with Gasteiger partial charge in [-0.2, -0.15) is 0 Å². The molecule has 0 spiro atoms. The maximum Gasteiger partial charge on any atom is -1.00 e. The number of rotatable bonds is 1. The summed E-state index contributed by atoms with van der Waals surface area (Å²) in [6.07, 6.45) is 0.347. The molecule has 0 aliphatic rings. The Morgan fingerprint density at radius 1 is 1.29 bits per heavy atom. The van der Waals surface area contributed by atoms with Crippen molar-refractivity contribution >= 4 is 16.6 Å². The summed E-state index contributed by atoms with van der Waals surface area (Å²) in [5.74, 6) is 0. The minimum absolute atomic E-state index is 0. The maximum atomic E-state index is 4.67. The van der Waals surface area contributed by atoms with E-state index >= 15 is 0 Å². The van der Waals surface area contributed by atoms with Gasteiger partial charge in [-0.15, -0.1) is 0 Å². The first-order chi connectivity index (χ1) is 2.27. The molecule has 0 aliphatic carbocycles. The summed E-state index contributed by atoms with van der Waals surface area (Å²) in [5.41, 5.74) is 0. The Labute approximate surface area is 74.1 Å². The van der Waals surface area contributed by atoms with Gasteiger partial charge in [-0.05, 0) is 0 Å². The smallest absolute Gasteiger partial charge is 1.00 e. The summed E-state index contributed by atoms with van der Waals surface area (Å²) >= 11 is 2.19. The van der Waals surface area contributed by atoms with E-state index in [0.29, 0.717) is 6.10 Å². The molecule has 0 N–H and O–H groups in total. The van der Waals surface area contributed by atoms with Crippen LogP contribution < -0.4 is 34.0 Å². The monoisotopic (exact) mass is 244 g/mol. The Kier molecular flexibility index (Phi) is 23.5. The third kappa shape index (κ3) is 18.6. The van der Waals surface area contributed by atoms with Crippen LogP contribution in [-0.2, 0) is 3.79 Å². The molecule has 1 nitrogen and oxygen atoms in total. The summed E-state index contributed by atoms with van der Waals surface area (Å²) in [6.45, 7) is 3.96. The zero-order chi connectivity index (χ0) is 4.28. The van der Waals surface area contributed by atoms with Crippen LogP contribution in [0.4, 0.5) is 0 Å². The predicted octanol–water partition coefficient (Wildman–Crippen LogP) is -5.50. The molecule has 0 aliphatic heterocycles. The summed E-state index contributed by atoms with van der Waals surface area (Å²) in [4.78, 5) is 0. The number of hydrogen-bond donors (Lipinski definition) is 0. The molecule has 4 heteroatoms. The maximum absolute atomic E-state index is 4.67. The Bertz CT molecular complexity index is 26.9. The van der Waals surface area contributed by atoms with Crippen molar-refractivity contribution in [1.29, 1.82) is 0 Å². The Balaban J connectivity index is -0.0000000800. The van der Waals surface area contributed by atoms with Crippen molar-refractivity contribution in [3.63, 3.8) is 0 Å². The van der Waals surface area contributed by atoms with E-state index in [9.17, 15) is 0 Å². The standard InChI is InChI=1S/C3H7O.Al.2BrH/c1-3(2)4;;;/h3H,1-2H3;;2*1H/q-1;+3;;/p-2. The fourth-order valence-electron chi connectivity index (χ4n) is 0. The quantitative estimate of drug-likeness (QED) is 0.419. The molecule has 0 saturated heterocycles. The van der Waals surface area contributed by atoms with E-state index in [1.807, 2.05) is 13.8 Å². The first-order valence-corrected chi connectivity index (χ1v) is 2.10. The average molecular weight is 246 g/mol. The number of halogens is 2. The Morgan fingerprint density at radius 3 is 1.43 bits per heavy atom. The molecule has 0 bridgehead atoms. The summed E-state index contributed by atoms with van der Waals surface area (Å²) in [5, 5.41) is 0. The molecule has 0 aromatic heterocycles. The van der Waals surface area contributed by atoms with Crippen LogP contribution in [0.15, 0.2) is 0 Å². The first kappa shape index (κ1) is 15.8. The van der Waals surface area contributed by atoms with Crippen LogP contribution in [-0.4, -0.2) is 22.7 Å². The van der Waals surface area contributed by atoms with Gasteiger partial charge in [-0.3, -0.25) is 0 Å². The molecule has 0 radical (unpaired) electrons. The molecule has 42 valence electrons. The van der Waals surface area contributed by atoms with Crippen molar-refractivity contribution in [2.24, 2.45) is 0 Å². The molecule has 0 unspecified atom stereocenters. The molecular weight excluding hydrogens is 239 g/mol. The molecule has 0 rings (SSSR count). The number of hydrogen-bond acceptors (Lipinski definition) is 1. The van der Waals surface area contributed by atoms with Gasteiger partial charge >= 0.3 is 40.4 Å². The SMILES string of the molecule is CC(C)[O][Al+2].[Br-].[Br-]. The summed E-state index contributed by atoms with van der Waals surface area (Å²) < 4.78 is 4.67. The van der Waals surface area contributed by atoms with E-state index in [4.69, 9.17) is 0 Å². The van der Waals surface area contributed by atoms with Crippen molar-refractivity contribution in [1.82, 2.24) is 0 Å². The average Bonchev–Trinajstić information content (AvgIpc) is 1.38. The van der Waals surface area contributed by atoms with Crippen LogP contribution in [0.25, 0.3) is 0 Å². The molecule has 0 saturated carbocycles. The van der Waals surface area contributed by atoms with Crippen LogP contribution in [0.2, 0.25) is 0 Å². The van der Waals surface area contributed by atoms with Crippen molar-refractivity contribution in [2.75, 3.05) is 0 Å². The summed E-state index contributed by atoms with van der Waals surface area (Å²) in [7, 11) is 0. The minimum Gasteiger partial charge on any atom is -1.00 e. The summed E-state index contributed by atoms with van der Waals surface area (Å²) in [6, 6.07) is 0. The first-order valence-electron chi connectivity index (χ1n) is 1.63. The molecule has 0 atom stereocenters.